The van der Waals surface area contributed by atoms with Crippen LogP contribution in [0.2, 0.25) is 10.0 Å². The van der Waals surface area contributed by atoms with Crippen molar-refractivity contribution in [3.05, 3.63) is 93.5 Å². The first kappa shape index (κ1) is 33.7. The molecule has 1 fully saturated rings. The van der Waals surface area contributed by atoms with Gasteiger partial charge in [-0.25, -0.2) is 8.78 Å². The molecule has 218 valence electrons. The molecule has 0 saturated carbocycles. The van der Waals surface area contributed by atoms with Crippen molar-refractivity contribution < 1.29 is 23.1 Å². The second kappa shape index (κ2) is 16.1. The first-order valence-electron chi connectivity index (χ1n) is 12.8. The van der Waals surface area contributed by atoms with Crippen LogP contribution < -0.4 is 15.4 Å². The predicted molar refractivity (Wildman–Crippen MR) is 159 cm³/mol. The Labute approximate surface area is 249 Å². The lowest BCUT2D eigenvalue weighted by Gasteiger charge is -2.26. The molecule has 1 saturated heterocycles. The van der Waals surface area contributed by atoms with E-state index in [1.165, 1.54) is 25.3 Å². The SMILES string of the molecule is CC(C)(C)CC1NCC(c2cccc(Cl)c2F)C1C#N.COc1cc(C=O)ccc1NC=O.Fc1cccc(Cl)c1. The van der Waals surface area contributed by atoms with Gasteiger partial charge < -0.3 is 15.4 Å². The summed E-state index contributed by atoms with van der Waals surface area (Å²) in [4.78, 5) is 20.6. The molecular formula is C31H33Cl2F2N3O3. The number of aldehydes is 1. The van der Waals surface area contributed by atoms with Gasteiger partial charge in [0.1, 0.15) is 23.7 Å². The van der Waals surface area contributed by atoms with Gasteiger partial charge in [0.25, 0.3) is 0 Å². The van der Waals surface area contributed by atoms with Gasteiger partial charge in [-0.15, -0.1) is 0 Å². The number of amides is 1. The number of hydrogen-bond acceptors (Lipinski definition) is 5. The molecule has 1 aliphatic heterocycles. The second-order valence-corrected chi connectivity index (χ2v) is 11.3. The minimum atomic E-state index is -0.391. The number of rotatable bonds is 6. The number of methoxy groups -OCH3 is 1. The Balaban J connectivity index is 0.000000239. The molecule has 0 aromatic heterocycles. The van der Waals surface area contributed by atoms with Crippen LogP contribution in [0.15, 0.2) is 60.7 Å². The number of nitrogens with one attached hydrogen (secondary N) is 2. The van der Waals surface area contributed by atoms with Crippen LogP contribution in [0.25, 0.3) is 0 Å². The van der Waals surface area contributed by atoms with E-state index < -0.39 is 5.82 Å². The molecule has 1 heterocycles. The van der Waals surface area contributed by atoms with Crippen LogP contribution in [0.1, 0.15) is 49.0 Å². The average Bonchev–Trinajstić information content (AvgIpc) is 3.31. The van der Waals surface area contributed by atoms with Gasteiger partial charge in [-0.1, -0.05) is 62.2 Å². The summed E-state index contributed by atoms with van der Waals surface area (Å²) in [5, 5.41) is 15.9. The van der Waals surface area contributed by atoms with Crippen molar-refractivity contribution in [1.29, 1.82) is 5.26 Å². The Bertz CT molecular complexity index is 1340. The third-order valence-corrected chi connectivity index (χ3v) is 6.72. The fourth-order valence-corrected chi connectivity index (χ4v) is 4.74. The molecule has 2 N–H and O–H groups in total. The number of carbonyl (C=O) groups excluding carboxylic acids is 2. The molecular weight excluding hydrogens is 571 g/mol. The summed E-state index contributed by atoms with van der Waals surface area (Å²) in [5.74, 6) is -0.569. The van der Waals surface area contributed by atoms with E-state index in [9.17, 15) is 23.6 Å². The molecule has 4 rings (SSSR count). The maximum absolute atomic E-state index is 14.2. The maximum Gasteiger partial charge on any atom is 0.211 e. The van der Waals surface area contributed by atoms with Crippen LogP contribution in [-0.2, 0) is 4.79 Å². The van der Waals surface area contributed by atoms with E-state index in [1.54, 1.807) is 42.5 Å². The summed E-state index contributed by atoms with van der Waals surface area (Å²) in [6, 6.07) is 18.1. The first-order chi connectivity index (χ1) is 19.4. The smallest absolute Gasteiger partial charge is 0.211 e. The van der Waals surface area contributed by atoms with Crippen LogP contribution in [0.3, 0.4) is 0 Å². The van der Waals surface area contributed by atoms with Crippen molar-refractivity contribution in [2.45, 2.75) is 39.2 Å². The highest BCUT2D eigenvalue weighted by atomic mass is 35.5. The van der Waals surface area contributed by atoms with Crippen LogP contribution in [0.5, 0.6) is 5.75 Å². The van der Waals surface area contributed by atoms with E-state index in [4.69, 9.17) is 27.9 Å². The molecule has 3 aromatic rings. The lowest BCUT2D eigenvalue weighted by molar-refractivity contribution is -0.105. The summed E-state index contributed by atoms with van der Waals surface area (Å²) >= 11 is 11.3. The molecule has 1 amide bonds. The Kier molecular flexibility index (Phi) is 13.2. The molecule has 0 radical (unpaired) electrons. The number of carbonyl (C=O) groups is 2. The molecule has 0 aliphatic carbocycles. The van der Waals surface area contributed by atoms with Crippen LogP contribution in [0.4, 0.5) is 14.5 Å². The summed E-state index contributed by atoms with van der Waals surface area (Å²) in [5.41, 5.74) is 1.73. The minimum Gasteiger partial charge on any atom is -0.495 e. The summed E-state index contributed by atoms with van der Waals surface area (Å²) < 4.78 is 31.2. The molecule has 1 aliphatic rings. The molecule has 0 spiro atoms. The standard InChI is InChI=1S/C16H20ClFN2.C9H9NO3.C6H4ClF/c1-16(2,3)7-14-11(8-19)12(9-20-14)10-5-4-6-13(17)15(10)18;1-13-9-4-7(5-11)2-3-8(9)10-6-12;7-5-2-1-3-6(8)4-5/h4-6,11-12,14,20H,7,9H2,1-3H3;2-6H,1H3,(H,10,12);1-4H. The number of ether oxygens (including phenoxy) is 1. The second-order valence-electron chi connectivity index (χ2n) is 10.5. The van der Waals surface area contributed by atoms with Crippen molar-refractivity contribution in [2.24, 2.45) is 11.3 Å². The molecule has 6 nitrogen and oxygen atoms in total. The van der Waals surface area contributed by atoms with Gasteiger partial charge in [0.2, 0.25) is 6.41 Å². The molecule has 0 bridgehead atoms. The van der Waals surface area contributed by atoms with Crippen molar-refractivity contribution >= 4 is 41.6 Å². The Hall–Kier alpha value is -3.51. The number of benzene rings is 3. The fourth-order valence-electron chi connectivity index (χ4n) is 4.39. The van der Waals surface area contributed by atoms with Gasteiger partial charge in [0, 0.05) is 29.1 Å². The van der Waals surface area contributed by atoms with Crippen molar-refractivity contribution in [1.82, 2.24) is 5.32 Å². The van der Waals surface area contributed by atoms with Gasteiger partial charge in [-0.3, -0.25) is 9.59 Å². The first-order valence-corrected chi connectivity index (χ1v) is 13.5. The van der Waals surface area contributed by atoms with Crippen LogP contribution in [-0.4, -0.2) is 32.4 Å². The van der Waals surface area contributed by atoms with Gasteiger partial charge >= 0.3 is 0 Å². The average molecular weight is 605 g/mol. The zero-order valence-corrected chi connectivity index (χ0v) is 24.8. The number of anilines is 1. The third-order valence-electron chi connectivity index (χ3n) is 6.19. The Morgan fingerprint density at radius 2 is 1.80 bits per heavy atom. The predicted octanol–water partition coefficient (Wildman–Crippen LogP) is 7.67. The fraction of sp³-hybridized carbons (Fsp3) is 0.323. The lowest BCUT2D eigenvalue weighted by Crippen LogP contribution is -2.31. The Morgan fingerprint density at radius 1 is 1.10 bits per heavy atom. The van der Waals surface area contributed by atoms with Crippen molar-refractivity contribution in [3.63, 3.8) is 0 Å². The summed E-state index contributed by atoms with van der Waals surface area (Å²) in [7, 11) is 1.47. The normalized spacial score (nSPS) is 17.6. The van der Waals surface area contributed by atoms with E-state index in [2.05, 4.69) is 37.5 Å². The van der Waals surface area contributed by atoms with Crippen molar-refractivity contribution in [2.75, 3.05) is 19.0 Å². The van der Waals surface area contributed by atoms with E-state index in [1.807, 2.05) is 0 Å². The monoisotopic (exact) mass is 603 g/mol. The topological polar surface area (TPSA) is 91.2 Å². The molecule has 3 atom stereocenters. The van der Waals surface area contributed by atoms with Gasteiger partial charge in [0.05, 0.1) is 29.8 Å². The van der Waals surface area contributed by atoms with E-state index >= 15 is 0 Å². The Morgan fingerprint density at radius 3 is 2.34 bits per heavy atom. The molecule has 3 aromatic carbocycles. The largest absolute Gasteiger partial charge is 0.495 e. The number of nitriles is 1. The van der Waals surface area contributed by atoms with E-state index in [0.717, 1.165) is 6.42 Å². The molecule has 3 unspecified atom stereocenters. The van der Waals surface area contributed by atoms with Gasteiger partial charge in [-0.05, 0) is 59.9 Å². The zero-order valence-electron chi connectivity index (χ0n) is 23.3. The lowest BCUT2D eigenvalue weighted by atomic mass is 9.79. The quantitative estimate of drug-likeness (QED) is 0.282. The van der Waals surface area contributed by atoms with Gasteiger partial charge in [-0.2, -0.15) is 5.26 Å². The summed E-state index contributed by atoms with van der Waals surface area (Å²) in [6.45, 7) is 7.07. The molecule has 41 heavy (non-hydrogen) atoms. The van der Waals surface area contributed by atoms with Crippen LogP contribution >= 0.6 is 23.2 Å². The zero-order chi connectivity index (χ0) is 30.6. The highest BCUT2D eigenvalue weighted by Crippen LogP contribution is 2.38. The number of halogens is 4. The third kappa shape index (κ3) is 10.4. The number of hydrogen-bond donors (Lipinski definition) is 2. The summed E-state index contributed by atoms with van der Waals surface area (Å²) in [6.07, 6.45) is 2.16. The molecule has 10 heteroatoms. The minimum absolute atomic E-state index is 0.100. The maximum atomic E-state index is 14.2. The van der Waals surface area contributed by atoms with Crippen LogP contribution in [0, 0.1) is 34.3 Å². The number of nitrogens with zero attached hydrogens (tertiary/aromatic N) is 1. The highest BCUT2D eigenvalue weighted by molar-refractivity contribution is 6.31. The van der Waals surface area contributed by atoms with Crippen molar-refractivity contribution in [3.8, 4) is 11.8 Å². The highest BCUT2D eigenvalue weighted by Gasteiger charge is 2.39. The van der Waals surface area contributed by atoms with Gasteiger partial charge in [0.15, 0.2) is 0 Å². The van der Waals surface area contributed by atoms with E-state index in [0.29, 0.717) is 46.8 Å². The van der Waals surface area contributed by atoms with E-state index in [-0.39, 0.29) is 34.1 Å².